The number of rotatable bonds is 3. The summed E-state index contributed by atoms with van der Waals surface area (Å²) in [4.78, 5) is 14.7. The maximum Gasteiger partial charge on any atom is 0.264 e. The first kappa shape index (κ1) is 11.9. The van der Waals surface area contributed by atoms with E-state index in [1.54, 1.807) is 4.90 Å². The average Bonchev–Trinajstić information content (AvgIpc) is 2.91. The number of amides is 1. The molecule has 0 N–H and O–H groups in total. The minimum absolute atomic E-state index is 0.0800. The van der Waals surface area contributed by atoms with Gasteiger partial charge in [-0.3, -0.25) is 4.79 Å². The SMILES string of the molecule is CC(c1ccccc1)N(C)C(=O)c1cccs1. The third kappa shape index (κ3) is 2.56. The van der Waals surface area contributed by atoms with E-state index in [4.69, 9.17) is 0 Å². The van der Waals surface area contributed by atoms with Crippen molar-refractivity contribution in [3.63, 3.8) is 0 Å². The number of benzene rings is 1. The molecular formula is C14H15NOS. The van der Waals surface area contributed by atoms with Gasteiger partial charge in [0, 0.05) is 7.05 Å². The van der Waals surface area contributed by atoms with Crippen molar-refractivity contribution in [3.05, 3.63) is 58.3 Å². The number of carbonyl (C=O) groups is 1. The van der Waals surface area contributed by atoms with Crippen molar-refractivity contribution in [3.8, 4) is 0 Å². The van der Waals surface area contributed by atoms with Gasteiger partial charge in [-0.05, 0) is 23.9 Å². The summed E-state index contributed by atoms with van der Waals surface area (Å²) in [5, 5.41) is 1.92. The summed E-state index contributed by atoms with van der Waals surface area (Å²) in [6.45, 7) is 2.04. The predicted octanol–water partition coefficient (Wildman–Crippen LogP) is 3.58. The lowest BCUT2D eigenvalue weighted by atomic mass is 10.1. The van der Waals surface area contributed by atoms with E-state index in [0.29, 0.717) is 0 Å². The lowest BCUT2D eigenvalue weighted by Gasteiger charge is -2.24. The summed E-state index contributed by atoms with van der Waals surface area (Å²) in [7, 11) is 1.85. The fourth-order valence-electron chi connectivity index (χ4n) is 1.71. The largest absolute Gasteiger partial charge is 0.334 e. The molecule has 0 aliphatic carbocycles. The van der Waals surface area contributed by atoms with Gasteiger partial charge in [-0.15, -0.1) is 11.3 Å². The highest BCUT2D eigenvalue weighted by Crippen LogP contribution is 2.21. The molecule has 0 saturated carbocycles. The zero-order valence-corrected chi connectivity index (χ0v) is 10.8. The van der Waals surface area contributed by atoms with E-state index >= 15 is 0 Å². The van der Waals surface area contributed by atoms with Gasteiger partial charge in [-0.2, -0.15) is 0 Å². The van der Waals surface area contributed by atoms with Crippen LogP contribution in [0.2, 0.25) is 0 Å². The molecule has 0 radical (unpaired) electrons. The second-order valence-electron chi connectivity index (χ2n) is 3.98. The Bertz CT molecular complexity index is 478. The zero-order chi connectivity index (χ0) is 12.3. The maximum atomic E-state index is 12.2. The van der Waals surface area contributed by atoms with Crippen LogP contribution in [0.25, 0.3) is 0 Å². The van der Waals surface area contributed by atoms with Gasteiger partial charge < -0.3 is 4.90 Å². The molecule has 0 aliphatic rings. The van der Waals surface area contributed by atoms with Crippen molar-refractivity contribution >= 4 is 17.2 Å². The molecule has 1 aromatic heterocycles. The zero-order valence-electron chi connectivity index (χ0n) is 9.96. The molecule has 88 valence electrons. The summed E-state index contributed by atoms with van der Waals surface area (Å²) in [6, 6.07) is 13.9. The highest BCUT2D eigenvalue weighted by atomic mass is 32.1. The van der Waals surface area contributed by atoms with Crippen molar-refractivity contribution in [2.75, 3.05) is 7.05 Å². The van der Waals surface area contributed by atoms with Crippen LogP contribution < -0.4 is 0 Å². The fraction of sp³-hybridized carbons (Fsp3) is 0.214. The Balaban J connectivity index is 2.15. The van der Waals surface area contributed by atoms with E-state index < -0.39 is 0 Å². The standard InChI is InChI=1S/C14H15NOS/c1-11(12-7-4-3-5-8-12)15(2)14(16)13-9-6-10-17-13/h3-11H,1-2H3. The quantitative estimate of drug-likeness (QED) is 0.809. The average molecular weight is 245 g/mol. The third-order valence-electron chi connectivity index (χ3n) is 2.92. The summed E-state index contributed by atoms with van der Waals surface area (Å²) >= 11 is 1.48. The van der Waals surface area contributed by atoms with Crippen LogP contribution >= 0.6 is 11.3 Å². The smallest absolute Gasteiger partial charge is 0.264 e. The molecule has 1 amide bonds. The molecule has 3 heteroatoms. The number of nitrogens with zero attached hydrogens (tertiary/aromatic N) is 1. The Morgan fingerprint density at radius 2 is 1.88 bits per heavy atom. The first-order valence-corrected chi connectivity index (χ1v) is 6.43. The number of hydrogen-bond donors (Lipinski definition) is 0. The lowest BCUT2D eigenvalue weighted by molar-refractivity contribution is 0.0747. The molecule has 2 rings (SSSR count). The van der Waals surface area contributed by atoms with Crippen LogP contribution in [0.5, 0.6) is 0 Å². The lowest BCUT2D eigenvalue weighted by Crippen LogP contribution is -2.28. The maximum absolute atomic E-state index is 12.2. The van der Waals surface area contributed by atoms with E-state index in [2.05, 4.69) is 0 Å². The molecule has 2 nitrogen and oxygen atoms in total. The topological polar surface area (TPSA) is 20.3 Å². The highest BCUT2D eigenvalue weighted by Gasteiger charge is 2.19. The highest BCUT2D eigenvalue weighted by molar-refractivity contribution is 7.12. The molecule has 0 bridgehead atoms. The van der Waals surface area contributed by atoms with Gasteiger partial charge in [0.2, 0.25) is 0 Å². The van der Waals surface area contributed by atoms with Crippen LogP contribution in [0.1, 0.15) is 28.2 Å². The first-order chi connectivity index (χ1) is 8.20. The Kier molecular flexibility index (Phi) is 3.59. The van der Waals surface area contributed by atoms with Crippen molar-refractivity contribution in [2.45, 2.75) is 13.0 Å². The number of carbonyl (C=O) groups excluding carboxylic acids is 1. The van der Waals surface area contributed by atoms with Gasteiger partial charge >= 0.3 is 0 Å². The van der Waals surface area contributed by atoms with Crippen LogP contribution in [0.3, 0.4) is 0 Å². The second kappa shape index (κ2) is 5.15. The molecule has 0 saturated heterocycles. The van der Waals surface area contributed by atoms with Crippen LogP contribution in [0.4, 0.5) is 0 Å². The third-order valence-corrected chi connectivity index (χ3v) is 3.77. The summed E-state index contributed by atoms with van der Waals surface area (Å²) < 4.78 is 0. The van der Waals surface area contributed by atoms with Crippen molar-refractivity contribution in [2.24, 2.45) is 0 Å². The monoisotopic (exact) mass is 245 g/mol. The van der Waals surface area contributed by atoms with Crippen molar-refractivity contribution in [1.82, 2.24) is 4.90 Å². The molecule has 0 spiro atoms. The van der Waals surface area contributed by atoms with Crippen molar-refractivity contribution in [1.29, 1.82) is 0 Å². The van der Waals surface area contributed by atoms with Crippen LogP contribution in [-0.4, -0.2) is 17.9 Å². The van der Waals surface area contributed by atoms with E-state index in [1.165, 1.54) is 11.3 Å². The van der Waals surface area contributed by atoms with Gasteiger partial charge in [0.15, 0.2) is 0 Å². The Morgan fingerprint density at radius 1 is 1.18 bits per heavy atom. The van der Waals surface area contributed by atoms with Crippen molar-refractivity contribution < 1.29 is 4.79 Å². The van der Waals surface area contributed by atoms with Crippen LogP contribution in [0, 0.1) is 0 Å². The second-order valence-corrected chi connectivity index (χ2v) is 4.93. The van der Waals surface area contributed by atoms with E-state index in [9.17, 15) is 4.79 Å². The molecule has 0 fully saturated rings. The fourth-order valence-corrected chi connectivity index (χ4v) is 2.41. The minimum atomic E-state index is 0.0800. The summed E-state index contributed by atoms with van der Waals surface area (Å²) in [5.41, 5.74) is 1.15. The molecule has 17 heavy (non-hydrogen) atoms. The molecular weight excluding hydrogens is 230 g/mol. The van der Waals surface area contributed by atoms with Gasteiger partial charge in [0.25, 0.3) is 5.91 Å². The Morgan fingerprint density at radius 3 is 2.47 bits per heavy atom. The van der Waals surface area contributed by atoms with E-state index in [-0.39, 0.29) is 11.9 Å². The van der Waals surface area contributed by atoms with Crippen LogP contribution in [-0.2, 0) is 0 Å². The molecule has 2 aromatic rings. The van der Waals surface area contributed by atoms with Gasteiger partial charge in [0.05, 0.1) is 10.9 Å². The molecule has 1 aromatic carbocycles. The van der Waals surface area contributed by atoms with E-state index in [0.717, 1.165) is 10.4 Å². The van der Waals surface area contributed by atoms with Crippen LogP contribution in [0.15, 0.2) is 47.8 Å². The number of hydrogen-bond acceptors (Lipinski definition) is 2. The summed E-state index contributed by atoms with van der Waals surface area (Å²) in [6.07, 6.45) is 0. The van der Waals surface area contributed by atoms with E-state index in [1.807, 2.05) is 61.8 Å². The van der Waals surface area contributed by atoms with Gasteiger partial charge in [-0.25, -0.2) is 0 Å². The normalized spacial score (nSPS) is 12.1. The first-order valence-electron chi connectivity index (χ1n) is 5.56. The Labute approximate surface area is 106 Å². The minimum Gasteiger partial charge on any atom is -0.334 e. The summed E-state index contributed by atoms with van der Waals surface area (Å²) in [5.74, 6) is 0.0800. The molecule has 1 heterocycles. The molecule has 0 aliphatic heterocycles. The Hall–Kier alpha value is -1.61. The molecule has 1 unspecified atom stereocenters. The predicted molar refractivity (Wildman–Crippen MR) is 71.3 cm³/mol. The number of thiophene rings is 1. The molecule has 1 atom stereocenters. The van der Waals surface area contributed by atoms with Gasteiger partial charge in [0.1, 0.15) is 0 Å². The van der Waals surface area contributed by atoms with Gasteiger partial charge in [-0.1, -0.05) is 36.4 Å².